The Morgan fingerprint density at radius 3 is 2.65 bits per heavy atom. The van der Waals surface area contributed by atoms with Crippen LogP contribution in [0.1, 0.15) is 25.7 Å². The summed E-state index contributed by atoms with van der Waals surface area (Å²) in [6, 6.07) is 0. The molecule has 2 bridgehead atoms. The van der Waals surface area contributed by atoms with Crippen LogP contribution in [0.3, 0.4) is 0 Å². The van der Waals surface area contributed by atoms with Gasteiger partial charge in [-0.1, -0.05) is 12.2 Å². The SMILES string of the molecule is O=S1(=O)CCC[C@H]1CNC[C@H]1C[C@H]2C=C[C@H]1C2. The third kappa shape index (κ3) is 2.29. The number of sulfone groups is 1. The highest BCUT2D eigenvalue weighted by Crippen LogP contribution is 2.42. The second kappa shape index (κ2) is 4.39. The molecule has 1 saturated heterocycles. The molecule has 0 radical (unpaired) electrons. The molecule has 0 aromatic heterocycles. The quantitative estimate of drug-likeness (QED) is 0.772. The van der Waals surface area contributed by atoms with Crippen molar-refractivity contribution in [2.45, 2.75) is 30.9 Å². The van der Waals surface area contributed by atoms with Crippen LogP contribution in [-0.2, 0) is 9.84 Å². The Morgan fingerprint density at radius 1 is 1.18 bits per heavy atom. The molecule has 96 valence electrons. The fourth-order valence-corrected chi connectivity index (χ4v) is 5.45. The number of fused-ring (bicyclic) bond motifs is 2. The summed E-state index contributed by atoms with van der Waals surface area (Å²) < 4.78 is 23.3. The van der Waals surface area contributed by atoms with E-state index in [1.54, 1.807) is 0 Å². The van der Waals surface area contributed by atoms with Crippen molar-refractivity contribution in [3.8, 4) is 0 Å². The molecule has 3 aliphatic rings. The fraction of sp³-hybridized carbons (Fsp3) is 0.846. The van der Waals surface area contributed by atoms with Gasteiger partial charge in [0.1, 0.15) is 0 Å². The van der Waals surface area contributed by atoms with Gasteiger partial charge in [0.15, 0.2) is 9.84 Å². The summed E-state index contributed by atoms with van der Waals surface area (Å²) >= 11 is 0. The van der Waals surface area contributed by atoms with Gasteiger partial charge >= 0.3 is 0 Å². The molecule has 1 saturated carbocycles. The van der Waals surface area contributed by atoms with E-state index in [-0.39, 0.29) is 5.25 Å². The third-order valence-corrected chi connectivity index (χ3v) is 6.93. The number of rotatable bonds is 4. The lowest BCUT2D eigenvalue weighted by molar-refractivity contribution is 0.413. The van der Waals surface area contributed by atoms with E-state index < -0.39 is 9.84 Å². The number of allylic oxidation sites excluding steroid dienone is 2. The van der Waals surface area contributed by atoms with Crippen molar-refractivity contribution in [2.75, 3.05) is 18.8 Å². The first-order valence-electron chi connectivity index (χ1n) is 6.76. The highest BCUT2D eigenvalue weighted by atomic mass is 32.2. The fourth-order valence-electron chi connectivity index (χ4n) is 3.65. The molecule has 0 spiro atoms. The molecule has 3 rings (SSSR count). The van der Waals surface area contributed by atoms with Gasteiger partial charge in [0.2, 0.25) is 0 Å². The molecule has 1 heterocycles. The molecule has 0 unspecified atom stereocenters. The zero-order chi connectivity index (χ0) is 11.9. The molecule has 2 aliphatic carbocycles. The van der Waals surface area contributed by atoms with Crippen LogP contribution in [0.2, 0.25) is 0 Å². The zero-order valence-electron chi connectivity index (χ0n) is 10.1. The summed E-state index contributed by atoms with van der Waals surface area (Å²) in [5.41, 5.74) is 0. The van der Waals surface area contributed by atoms with Crippen molar-refractivity contribution in [2.24, 2.45) is 17.8 Å². The Hall–Kier alpha value is -0.350. The summed E-state index contributed by atoms with van der Waals surface area (Å²) in [7, 11) is -2.77. The van der Waals surface area contributed by atoms with E-state index in [1.807, 2.05) is 0 Å². The Bertz CT molecular complexity index is 415. The molecular formula is C13H21NO2S. The lowest BCUT2D eigenvalue weighted by Crippen LogP contribution is -2.34. The van der Waals surface area contributed by atoms with Crippen LogP contribution in [0.5, 0.6) is 0 Å². The molecule has 4 heteroatoms. The molecule has 1 N–H and O–H groups in total. The maximum atomic E-state index is 11.7. The van der Waals surface area contributed by atoms with Gasteiger partial charge in [-0.2, -0.15) is 0 Å². The van der Waals surface area contributed by atoms with E-state index in [9.17, 15) is 8.42 Å². The van der Waals surface area contributed by atoms with E-state index in [1.165, 1.54) is 12.8 Å². The minimum absolute atomic E-state index is 0.114. The topological polar surface area (TPSA) is 46.2 Å². The van der Waals surface area contributed by atoms with Gasteiger partial charge in [-0.05, 0) is 50.0 Å². The molecule has 4 atom stereocenters. The second-order valence-corrected chi connectivity index (χ2v) is 8.23. The maximum Gasteiger partial charge on any atom is 0.154 e. The van der Waals surface area contributed by atoms with Crippen molar-refractivity contribution in [3.63, 3.8) is 0 Å². The average molecular weight is 255 g/mol. The van der Waals surface area contributed by atoms with E-state index >= 15 is 0 Å². The van der Waals surface area contributed by atoms with Crippen molar-refractivity contribution in [3.05, 3.63) is 12.2 Å². The van der Waals surface area contributed by atoms with Gasteiger partial charge in [0.05, 0.1) is 11.0 Å². The van der Waals surface area contributed by atoms with Crippen molar-refractivity contribution in [1.29, 1.82) is 0 Å². The highest BCUT2D eigenvalue weighted by Gasteiger charge is 2.36. The minimum Gasteiger partial charge on any atom is -0.315 e. The zero-order valence-corrected chi connectivity index (χ0v) is 11.0. The molecule has 0 aromatic carbocycles. The van der Waals surface area contributed by atoms with E-state index in [2.05, 4.69) is 17.5 Å². The smallest absolute Gasteiger partial charge is 0.154 e. The molecule has 17 heavy (non-hydrogen) atoms. The van der Waals surface area contributed by atoms with Gasteiger partial charge in [0.25, 0.3) is 0 Å². The average Bonchev–Trinajstić information content (AvgIpc) is 2.94. The monoisotopic (exact) mass is 255 g/mol. The first-order chi connectivity index (χ1) is 8.15. The van der Waals surface area contributed by atoms with Crippen molar-refractivity contribution >= 4 is 9.84 Å². The van der Waals surface area contributed by atoms with E-state index in [4.69, 9.17) is 0 Å². The Kier molecular flexibility index (Phi) is 3.03. The number of hydrogen-bond donors (Lipinski definition) is 1. The van der Waals surface area contributed by atoms with Crippen LogP contribution >= 0.6 is 0 Å². The Morgan fingerprint density at radius 2 is 2.06 bits per heavy atom. The lowest BCUT2D eigenvalue weighted by atomic mass is 9.93. The molecule has 2 fully saturated rings. The summed E-state index contributed by atoms with van der Waals surface area (Å²) in [4.78, 5) is 0. The normalized spacial score (nSPS) is 42.4. The first kappa shape index (κ1) is 11.7. The van der Waals surface area contributed by atoms with Crippen molar-refractivity contribution < 1.29 is 8.42 Å². The summed E-state index contributed by atoms with van der Waals surface area (Å²) in [6.45, 7) is 1.66. The molecular weight excluding hydrogens is 234 g/mol. The summed E-state index contributed by atoms with van der Waals surface area (Å²) in [6.07, 6.45) is 9.03. The molecule has 3 nitrogen and oxygen atoms in total. The summed E-state index contributed by atoms with van der Waals surface area (Å²) in [5.74, 6) is 2.71. The van der Waals surface area contributed by atoms with Crippen LogP contribution in [-0.4, -0.2) is 32.5 Å². The van der Waals surface area contributed by atoms with Gasteiger partial charge < -0.3 is 5.32 Å². The Balaban J connectivity index is 1.45. The van der Waals surface area contributed by atoms with Gasteiger partial charge in [0, 0.05) is 6.54 Å². The van der Waals surface area contributed by atoms with Crippen molar-refractivity contribution in [1.82, 2.24) is 5.32 Å². The van der Waals surface area contributed by atoms with Gasteiger partial charge in [-0.3, -0.25) is 0 Å². The van der Waals surface area contributed by atoms with Crippen LogP contribution < -0.4 is 5.32 Å². The van der Waals surface area contributed by atoms with Gasteiger partial charge in [-0.25, -0.2) is 8.42 Å². The van der Waals surface area contributed by atoms with E-state index in [0.717, 1.165) is 37.1 Å². The van der Waals surface area contributed by atoms with Gasteiger partial charge in [-0.15, -0.1) is 0 Å². The number of hydrogen-bond acceptors (Lipinski definition) is 3. The Labute approximate surface area is 104 Å². The van der Waals surface area contributed by atoms with Crippen LogP contribution in [0, 0.1) is 17.8 Å². The van der Waals surface area contributed by atoms with Crippen LogP contribution in [0.15, 0.2) is 12.2 Å². The first-order valence-corrected chi connectivity index (χ1v) is 8.47. The molecule has 1 aliphatic heterocycles. The predicted octanol–water partition coefficient (Wildman–Crippen LogP) is 1.37. The lowest BCUT2D eigenvalue weighted by Gasteiger charge is -2.19. The maximum absolute atomic E-state index is 11.7. The molecule has 0 aromatic rings. The minimum atomic E-state index is -2.77. The van der Waals surface area contributed by atoms with Crippen LogP contribution in [0.25, 0.3) is 0 Å². The second-order valence-electron chi connectivity index (χ2n) is 5.83. The standard InChI is InChI=1S/C13H21NO2S/c15-17(16)5-1-2-13(17)9-14-8-12-7-10-3-4-11(12)6-10/h3-4,10-14H,1-2,5-9H2/t10-,11-,12+,13-/m0/s1. The number of nitrogens with one attached hydrogen (secondary N) is 1. The van der Waals surface area contributed by atoms with E-state index in [0.29, 0.717) is 12.3 Å². The predicted molar refractivity (Wildman–Crippen MR) is 68.5 cm³/mol. The molecule has 0 amide bonds. The highest BCUT2D eigenvalue weighted by molar-refractivity contribution is 7.92. The summed E-state index contributed by atoms with van der Waals surface area (Å²) in [5, 5.41) is 3.28. The largest absolute Gasteiger partial charge is 0.315 e. The third-order valence-electron chi connectivity index (χ3n) is 4.66. The van der Waals surface area contributed by atoms with Crippen LogP contribution in [0.4, 0.5) is 0 Å².